The zero-order chi connectivity index (χ0) is 18.5. The number of piperazine rings is 1. The number of carbonyl (C=O) groups is 1. The molecule has 0 bridgehead atoms. The van der Waals surface area contributed by atoms with E-state index in [0.29, 0.717) is 11.6 Å². The van der Waals surface area contributed by atoms with Gasteiger partial charge in [-0.05, 0) is 37.6 Å². The van der Waals surface area contributed by atoms with Crippen molar-refractivity contribution in [2.45, 2.75) is 19.9 Å². The number of nitrogens with zero attached hydrogens (tertiary/aromatic N) is 2. The lowest BCUT2D eigenvalue weighted by molar-refractivity contribution is 0.100. The molecule has 0 aromatic heterocycles. The van der Waals surface area contributed by atoms with E-state index in [-0.39, 0.29) is 0 Å². The molecule has 1 aliphatic heterocycles. The molecule has 1 saturated heterocycles. The molecule has 26 heavy (non-hydrogen) atoms. The average Bonchev–Trinajstić information content (AvgIpc) is 2.67. The zero-order valence-corrected chi connectivity index (χ0v) is 15.6. The number of hydrogen-bond donors (Lipinski definition) is 2. The number of amides is 1. The first-order valence-electron chi connectivity index (χ1n) is 9.23. The van der Waals surface area contributed by atoms with Gasteiger partial charge in [0.25, 0.3) is 5.91 Å². The highest BCUT2D eigenvalue weighted by Crippen LogP contribution is 2.21. The number of primary amides is 1. The Morgan fingerprint density at radius 1 is 1.08 bits per heavy atom. The summed E-state index contributed by atoms with van der Waals surface area (Å²) >= 11 is 0. The highest BCUT2D eigenvalue weighted by atomic mass is 16.1. The molecule has 2 aromatic carbocycles. The Bertz CT molecular complexity index is 753. The summed E-state index contributed by atoms with van der Waals surface area (Å²) in [4.78, 5) is 16.5. The van der Waals surface area contributed by atoms with E-state index in [1.165, 1.54) is 11.3 Å². The second-order valence-corrected chi connectivity index (χ2v) is 6.95. The van der Waals surface area contributed by atoms with Crippen LogP contribution >= 0.6 is 0 Å². The van der Waals surface area contributed by atoms with Crippen molar-refractivity contribution < 1.29 is 4.79 Å². The molecule has 1 atom stereocenters. The van der Waals surface area contributed by atoms with Crippen LogP contribution in [0.1, 0.15) is 22.8 Å². The van der Waals surface area contributed by atoms with Crippen molar-refractivity contribution in [1.82, 2.24) is 4.90 Å². The van der Waals surface area contributed by atoms with Crippen LogP contribution in [0, 0.1) is 6.92 Å². The fourth-order valence-electron chi connectivity index (χ4n) is 3.56. The summed E-state index contributed by atoms with van der Waals surface area (Å²) in [5.41, 5.74) is 9.48. The van der Waals surface area contributed by atoms with Gasteiger partial charge in [-0.25, -0.2) is 0 Å². The molecule has 1 heterocycles. The molecule has 1 aliphatic rings. The smallest absolute Gasteiger partial charge is 0.250 e. The van der Waals surface area contributed by atoms with Gasteiger partial charge in [-0.3, -0.25) is 9.69 Å². The van der Waals surface area contributed by atoms with Crippen LogP contribution in [0.15, 0.2) is 48.5 Å². The first-order valence-corrected chi connectivity index (χ1v) is 9.23. The third kappa shape index (κ3) is 4.17. The lowest BCUT2D eigenvalue weighted by Gasteiger charge is -2.39. The Morgan fingerprint density at radius 3 is 2.42 bits per heavy atom. The Labute approximate surface area is 155 Å². The van der Waals surface area contributed by atoms with Crippen LogP contribution in [0.4, 0.5) is 11.4 Å². The number of anilines is 2. The minimum absolute atomic E-state index is 0.384. The number of para-hydroxylation sites is 2. The van der Waals surface area contributed by atoms with E-state index in [0.717, 1.165) is 38.4 Å². The lowest BCUT2D eigenvalue weighted by atomic mass is 10.1. The Kier molecular flexibility index (Phi) is 5.78. The molecule has 3 rings (SSSR count). The van der Waals surface area contributed by atoms with Crippen molar-refractivity contribution in [3.63, 3.8) is 0 Å². The molecule has 138 valence electrons. The molecule has 0 aliphatic carbocycles. The fourth-order valence-corrected chi connectivity index (χ4v) is 3.56. The third-order valence-corrected chi connectivity index (χ3v) is 5.17. The fraction of sp³-hybridized carbons (Fsp3) is 0.381. The van der Waals surface area contributed by atoms with E-state index in [1.807, 2.05) is 18.2 Å². The highest BCUT2D eigenvalue weighted by Gasteiger charge is 2.22. The molecule has 5 nitrogen and oxygen atoms in total. The number of hydrogen-bond acceptors (Lipinski definition) is 4. The second kappa shape index (κ2) is 8.23. The molecular weight excluding hydrogens is 324 g/mol. The van der Waals surface area contributed by atoms with Gasteiger partial charge in [-0.15, -0.1) is 0 Å². The third-order valence-electron chi connectivity index (χ3n) is 5.17. The van der Waals surface area contributed by atoms with E-state index >= 15 is 0 Å². The maximum atomic E-state index is 11.5. The maximum Gasteiger partial charge on any atom is 0.250 e. The van der Waals surface area contributed by atoms with Gasteiger partial charge in [0, 0.05) is 50.1 Å². The number of carbonyl (C=O) groups excluding carboxylic acids is 1. The van der Waals surface area contributed by atoms with Crippen LogP contribution in [0.3, 0.4) is 0 Å². The van der Waals surface area contributed by atoms with Gasteiger partial charge < -0.3 is 16.0 Å². The van der Waals surface area contributed by atoms with Crippen molar-refractivity contribution >= 4 is 17.3 Å². The van der Waals surface area contributed by atoms with Crippen molar-refractivity contribution in [3.8, 4) is 0 Å². The molecule has 0 saturated carbocycles. The normalized spacial score (nSPS) is 16.3. The van der Waals surface area contributed by atoms with Gasteiger partial charge in [0.05, 0.1) is 5.56 Å². The van der Waals surface area contributed by atoms with Crippen molar-refractivity contribution in [2.24, 2.45) is 5.73 Å². The molecular formula is C21H28N4O. The minimum atomic E-state index is -0.396. The molecule has 0 radical (unpaired) electrons. The van der Waals surface area contributed by atoms with Crippen LogP contribution in [0.25, 0.3) is 0 Å². The Hall–Kier alpha value is -2.53. The van der Waals surface area contributed by atoms with Crippen LogP contribution in [0.5, 0.6) is 0 Å². The molecule has 5 heteroatoms. The SMILES string of the molecule is Cc1ccccc1N1CCN(C(C)CNc2ccccc2C(N)=O)CC1. The number of nitrogens with two attached hydrogens (primary N) is 1. The summed E-state index contributed by atoms with van der Waals surface area (Å²) in [7, 11) is 0. The number of aryl methyl sites for hydroxylation is 1. The number of benzene rings is 2. The van der Waals surface area contributed by atoms with E-state index in [1.54, 1.807) is 6.07 Å². The maximum absolute atomic E-state index is 11.5. The van der Waals surface area contributed by atoms with Crippen LogP contribution < -0.4 is 16.0 Å². The zero-order valence-electron chi connectivity index (χ0n) is 15.6. The average molecular weight is 352 g/mol. The monoisotopic (exact) mass is 352 g/mol. The van der Waals surface area contributed by atoms with Crippen LogP contribution in [-0.4, -0.2) is 49.6 Å². The van der Waals surface area contributed by atoms with Gasteiger partial charge in [-0.1, -0.05) is 30.3 Å². The van der Waals surface area contributed by atoms with Gasteiger partial charge >= 0.3 is 0 Å². The summed E-state index contributed by atoms with van der Waals surface area (Å²) in [5, 5.41) is 3.39. The van der Waals surface area contributed by atoms with Gasteiger partial charge in [0.1, 0.15) is 0 Å². The van der Waals surface area contributed by atoms with Gasteiger partial charge in [0.2, 0.25) is 0 Å². The highest BCUT2D eigenvalue weighted by molar-refractivity contribution is 5.98. The predicted molar refractivity (Wildman–Crippen MR) is 108 cm³/mol. The summed E-state index contributed by atoms with van der Waals surface area (Å²) in [6.45, 7) is 9.33. The van der Waals surface area contributed by atoms with Gasteiger partial charge in [0.15, 0.2) is 0 Å². The van der Waals surface area contributed by atoms with E-state index in [2.05, 4.69) is 53.2 Å². The molecule has 1 unspecified atom stereocenters. The predicted octanol–water partition coefficient (Wildman–Crippen LogP) is 2.72. The van der Waals surface area contributed by atoms with Crippen molar-refractivity contribution in [3.05, 3.63) is 59.7 Å². The summed E-state index contributed by atoms with van der Waals surface area (Å²) < 4.78 is 0. The standard InChI is InChI=1S/C21H28N4O/c1-16-7-3-6-10-20(16)25-13-11-24(12-14-25)17(2)15-23-19-9-5-4-8-18(19)21(22)26/h3-10,17,23H,11-15H2,1-2H3,(H2,22,26). The minimum Gasteiger partial charge on any atom is -0.383 e. The van der Waals surface area contributed by atoms with Crippen LogP contribution in [0.2, 0.25) is 0 Å². The van der Waals surface area contributed by atoms with E-state index in [4.69, 9.17) is 5.73 Å². The number of nitrogens with one attached hydrogen (secondary N) is 1. The summed E-state index contributed by atoms with van der Waals surface area (Å²) in [6, 6.07) is 16.4. The Morgan fingerprint density at radius 2 is 1.73 bits per heavy atom. The van der Waals surface area contributed by atoms with Crippen LogP contribution in [-0.2, 0) is 0 Å². The van der Waals surface area contributed by atoms with Gasteiger partial charge in [-0.2, -0.15) is 0 Å². The topological polar surface area (TPSA) is 61.6 Å². The molecule has 0 spiro atoms. The molecule has 3 N–H and O–H groups in total. The van der Waals surface area contributed by atoms with E-state index in [9.17, 15) is 4.79 Å². The van der Waals surface area contributed by atoms with E-state index < -0.39 is 5.91 Å². The van der Waals surface area contributed by atoms with Crippen molar-refractivity contribution in [2.75, 3.05) is 42.9 Å². The molecule has 1 amide bonds. The largest absolute Gasteiger partial charge is 0.383 e. The summed E-state index contributed by atoms with van der Waals surface area (Å²) in [5.74, 6) is -0.396. The van der Waals surface area contributed by atoms with Crippen molar-refractivity contribution in [1.29, 1.82) is 0 Å². The number of rotatable bonds is 6. The first kappa shape index (κ1) is 18.3. The molecule has 1 fully saturated rings. The molecule has 2 aromatic rings. The lowest BCUT2D eigenvalue weighted by Crippen LogP contribution is -2.51. The first-order chi connectivity index (χ1) is 12.6. The second-order valence-electron chi connectivity index (χ2n) is 6.95. The summed E-state index contributed by atoms with van der Waals surface area (Å²) in [6.07, 6.45) is 0. The quantitative estimate of drug-likeness (QED) is 0.839. The Balaban J connectivity index is 1.54.